The van der Waals surface area contributed by atoms with Crippen molar-refractivity contribution in [2.45, 2.75) is 12.8 Å². The van der Waals surface area contributed by atoms with E-state index in [1.165, 1.54) is 6.20 Å². The maximum absolute atomic E-state index is 11.8. The monoisotopic (exact) mass is 197 g/mol. The lowest BCUT2D eigenvalue weighted by Crippen LogP contribution is -2.07. The Morgan fingerprint density at radius 1 is 1.50 bits per heavy atom. The van der Waals surface area contributed by atoms with Gasteiger partial charge in [0.15, 0.2) is 0 Å². The maximum atomic E-state index is 11.8. The number of nitrogens with zero attached hydrogens (tertiary/aromatic N) is 2. The molecular formula is C9H9F2N3. The van der Waals surface area contributed by atoms with Gasteiger partial charge in [0.25, 0.3) is 0 Å². The highest BCUT2D eigenvalue weighted by atomic mass is 19.3. The van der Waals surface area contributed by atoms with E-state index in [9.17, 15) is 8.78 Å². The summed E-state index contributed by atoms with van der Waals surface area (Å²) in [7, 11) is 0. The molecule has 0 saturated carbocycles. The van der Waals surface area contributed by atoms with Gasteiger partial charge in [-0.25, -0.2) is 13.8 Å². The minimum Gasteiger partial charge on any atom is -0.370 e. The molecule has 3 nitrogen and oxygen atoms in total. The number of rotatable bonds is 4. The van der Waals surface area contributed by atoms with E-state index in [0.29, 0.717) is 11.4 Å². The first-order chi connectivity index (χ1) is 6.72. The van der Waals surface area contributed by atoms with Gasteiger partial charge in [0, 0.05) is 19.2 Å². The number of anilines is 1. The molecule has 0 fully saturated rings. The summed E-state index contributed by atoms with van der Waals surface area (Å²) in [6.07, 6.45) is -1.12. The Morgan fingerprint density at radius 2 is 2.29 bits per heavy atom. The van der Waals surface area contributed by atoms with Crippen LogP contribution in [0.2, 0.25) is 0 Å². The summed E-state index contributed by atoms with van der Waals surface area (Å²) in [5.74, 6) is 0.504. The lowest BCUT2D eigenvalue weighted by molar-refractivity contribution is 0.142. The minimum absolute atomic E-state index is 0.177. The highest BCUT2D eigenvalue weighted by Gasteiger charge is 2.01. The van der Waals surface area contributed by atoms with Crippen LogP contribution in [0.5, 0.6) is 0 Å². The van der Waals surface area contributed by atoms with Gasteiger partial charge in [-0.2, -0.15) is 5.26 Å². The molecular weight excluding hydrogens is 188 g/mol. The molecule has 5 heteroatoms. The number of hydrogen-bond acceptors (Lipinski definition) is 3. The second-order valence-corrected chi connectivity index (χ2v) is 2.65. The van der Waals surface area contributed by atoms with Crippen molar-refractivity contribution in [2.75, 3.05) is 11.9 Å². The fourth-order valence-corrected chi connectivity index (χ4v) is 0.874. The number of alkyl halides is 2. The number of nitrogens with one attached hydrogen (secondary N) is 1. The first kappa shape index (κ1) is 10.4. The minimum atomic E-state index is -2.30. The summed E-state index contributed by atoms with van der Waals surface area (Å²) in [6, 6.07) is 5.09. The molecule has 0 aliphatic heterocycles. The third-order valence-corrected chi connectivity index (χ3v) is 1.56. The first-order valence-electron chi connectivity index (χ1n) is 4.10. The molecule has 1 aromatic rings. The molecule has 1 rings (SSSR count). The van der Waals surface area contributed by atoms with Crippen LogP contribution in [0.1, 0.15) is 12.0 Å². The summed E-state index contributed by atoms with van der Waals surface area (Å²) in [4.78, 5) is 3.87. The quantitative estimate of drug-likeness (QED) is 0.803. The van der Waals surface area contributed by atoms with Crippen LogP contribution in [-0.2, 0) is 0 Å². The molecule has 0 aliphatic carbocycles. The van der Waals surface area contributed by atoms with Crippen LogP contribution in [0.4, 0.5) is 14.6 Å². The van der Waals surface area contributed by atoms with Gasteiger partial charge in [0.2, 0.25) is 6.43 Å². The van der Waals surface area contributed by atoms with Gasteiger partial charge in [-0.15, -0.1) is 0 Å². The zero-order chi connectivity index (χ0) is 10.4. The fraction of sp³-hybridized carbons (Fsp3) is 0.333. The Labute approximate surface area is 80.4 Å². The van der Waals surface area contributed by atoms with Crippen molar-refractivity contribution in [3.05, 3.63) is 23.9 Å². The second kappa shape index (κ2) is 5.12. The SMILES string of the molecule is N#Cc1ccc(NCCC(F)F)nc1. The Hall–Kier alpha value is -1.70. The molecule has 74 valence electrons. The van der Waals surface area contributed by atoms with Crippen molar-refractivity contribution in [3.8, 4) is 6.07 Å². The third-order valence-electron chi connectivity index (χ3n) is 1.56. The molecule has 0 radical (unpaired) electrons. The Kier molecular flexibility index (Phi) is 3.80. The third kappa shape index (κ3) is 3.35. The molecule has 1 heterocycles. The molecule has 0 bridgehead atoms. The van der Waals surface area contributed by atoms with Crippen molar-refractivity contribution < 1.29 is 8.78 Å². The molecule has 0 atom stereocenters. The van der Waals surface area contributed by atoms with E-state index in [-0.39, 0.29) is 13.0 Å². The van der Waals surface area contributed by atoms with Crippen LogP contribution in [0.25, 0.3) is 0 Å². The number of halogens is 2. The first-order valence-corrected chi connectivity index (χ1v) is 4.10. The topological polar surface area (TPSA) is 48.7 Å². The van der Waals surface area contributed by atoms with Crippen LogP contribution in [-0.4, -0.2) is 18.0 Å². The molecule has 0 amide bonds. The molecule has 0 saturated heterocycles. The number of pyridine rings is 1. The molecule has 0 unspecified atom stereocenters. The van der Waals surface area contributed by atoms with Crippen molar-refractivity contribution in [3.63, 3.8) is 0 Å². The Balaban J connectivity index is 2.41. The average Bonchev–Trinajstić information content (AvgIpc) is 2.18. The van der Waals surface area contributed by atoms with Crippen LogP contribution in [0.15, 0.2) is 18.3 Å². The Bertz CT molecular complexity index is 316. The highest BCUT2D eigenvalue weighted by Crippen LogP contribution is 2.05. The summed E-state index contributed by atoms with van der Waals surface area (Å²) < 4.78 is 23.5. The van der Waals surface area contributed by atoms with E-state index in [0.717, 1.165) is 0 Å². The lowest BCUT2D eigenvalue weighted by atomic mass is 10.3. The fourth-order valence-electron chi connectivity index (χ4n) is 0.874. The van der Waals surface area contributed by atoms with E-state index >= 15 is 0 Å². The van der Waals surface area contributed by atoms with E-state index in [1.54, 1.807) is 12.1 Å². The van der Waals surface area contributed by atoms with Crippen molar-refractivity contribution in [1.82, 2.24) is 4.98 Å². The van der Waals surface area contributed by atoms with Gasteiger partial charge in [-0.1, -0.05) is 0 Å². The van der Waals surface area contributed by atoms with E-state index in [2.05, 4.69) is 10.3 Å². The van der Waals surface area contributed by atoms with E-state index in [1.807, 2.05) is 6.07 Å². The summed E-state index contributed by atoms with van der Waals surface area (Å²) >= 11 is 0. The summed E-state index contributed by atoms with van der Waals surface area (Å²) in [5, 5.41) is 11.2. The van der Waals surface area contributed by atoms with Crippen molar-refractivity contribution in [1.29, 1.82) is 5.26 Å². The normalized spacial score (nSPS) is 9.86. The molecule has 0 aliphatic rings. The zero-order valence-corrected chi connectivity index (χ0v) is 7.37. The highest BCUT2D eigenvalue weighted by molar-refractivity contribution is 5.38. The van der Waals surface area contributed by atoms with Gasteiger partial charge in [0.05, 0.1) is 5.56 Å². The number of nitriles is 1. The van der Waals surface area contributed by atoms with Crippen LogP contribution in [0, 0.1) is 11.3 Å². The molecule has 1 N–H and O–H groups in total. The van der Waals surface area contributed by atoms with Gasteiger partial charge in [0.1, 0.15) is 11.9 Å². The summed E-state index contributed by atoms with van der Waals surface area (Å²) in [5.41, 5.74) is 0.449. The van der Waals surface area contributed by atoms with Gasteiger partial charge in [-0.3, -0.25) is 0 Å². The van der Waals surface area contributed by atoms with E-state index < -0.39 is 6.43 Å². The average molecular weight is 197 g/mol. The van der Waals surface area contributed by atoms with Gasteiger partial charge >= 0.3 is 0 Å². The molecule has 0 spiro atoms. The number of hydrogen-bond donors (Lipinski definition) is 1. The molecule has 1 aromatic heterocycles. The van der Waals surface area contributed by atoms with Crippen LogP contribution < -0.4 is 5.32 Å². The van der Waals surface area contributed by atoms with Gasteiger partial charge < -0.3 is 5.32 Å². The smallest absolute Gasteiger partial charge is 0.240 e. The second-order valence-electron chi connectivity index (χ2n) is 2.65. The molecule has 0 aromatic carbocycles. The van der Waals surface area contributed by atoms with Gasteiger partial charge in [-0.05, 0) is 12.1 Å². The summed E-state index contributed by atoms with van der Waals surface area (Å²) in [6.45, 7) is 0.177. The largest absolute Gasteiger partial charge is 0.370 e. The van der Waals surface area contributed by atoms with Crippen LogP contribution >= 0.6 is 0 Å². The Morgan fingerprint density at radius 3 is 2.79 bits per heavy atom. The van der Waals surface area contributed by atoms with Crippen molar-refractivity contribution in [2.24, 2.45) is 0 Å². The van der Waals surface area contributed by atoms with Crippen molar-refractivity contribution >= 4 is 5.82 Å². The maximum Gasteiger partial charge on any atom is 0.240 e. The molecule has 14 heavy (non-hydrogen) atoms. The van der Waals surface area contributed by atoms with Crippen LogP contribution in [0.3, 0.4) is 0 Å². The predicted octanol–water partition coefficient (Wildman–Crippen LogP) is 2.02. The lowest BCUT2D eigenvalue weighted by Gasteiger charge is -2.03. The standard InChI is InChI=1S/C9H9F2N3/c10-8(11)3-4-13-9-2-1-7(5-12)6-14-9/h1-2,6,8H,3-4H2,(H,13,14). The predicted molar refractivity (Wildman–Crippen MR) is 48.1 cm³/mol. The zero-order valence-electron chi connectivity index (χ0n) is 7.37. The number of aromatic nitrogens is 1. The van der Waals surface area contributed by atoms with E-state index in [4.69, 9.17) is 5.26 Å².